The predicted octanol–water partition coefficient (Wildman–Crippen LogP) is 1.05. The van der Waals surface area contributed by atoms with Crippen molar-refractivity contribution < 1.29 is 14.3 Å². The minimum absolute atomic E-state index is 0.0465. The summed E-state index contributed by atoms with van der Waals surface area (Å²) in [6, 6.07) is 4.46. The molecule has 0 aliphatic rings. The highest BCUT2D eigenvalue weighted by Crippen LogP contribution is 2.16. The predicted molar refractivity (Wildman–Crippen MR) is 82.3 cm³/mol. The number of hydrogen-bond acceptors (Lipinski definition) is 4. The van der Waals surface area contributed by atoms with Crippen LogP contribution >= 0.6 is 0 Å². The summed E-state index contributed by atoms with van der Waals surface area (Å²) in [6.45, 7) is 5.77. The minimum Gasteiger partial charge on any atom is -0.383 e. The average molecular weight is 293 g/mol. The molecule has 116 valence electrons. The van der Waals surface area contributed by atoms with Crippen LogP contribution in [0.1, 0.15) is 29.8 Å². The lowest BCUT2D eigenvalue weighted by atomic mass is 10.1. The van der Waals surface area contributed by atoms with Crippen LogP contribution in [-0.4, -0.2) is 37.6 Å². The Hall–Kier alpha value is -1.92. The van der Waals surface area contributed by atoms with Crippen molar-refractivity contribution in [1.29, 1.82) is 0 Å². The van der Waals surface area contributed by atoms with Gasteiger partial charge in [0.2, 0.25) is 5.91 Å². The van der Waals surface area contributed by atoms with Crippen LogP contribution in [0.5, 0.6) is 0 Å². The molecule has 0 heterocycles. The van der Waals surface area contributed by atoms with Gasteiger partial charge in [-0.05, 0) is 38.5 Å². The second-order valence-electron chi connectivity index (χ2n) is 5.21. The van der Waals surface area contributed by atoms with Gasteiger partial charge in [-0.2, -0.15) is 0 Å². The molecule has 0 fully saturated rings. The zero-order valence-corrected chi connectivity index (χ0v) is 12.9. The van der Waals surface area contributed by atoms with Crippen LogP contribution in [0.4, 0.5) is 5.69 Å². The van der Waals surface area contributed by atoms with E-state index in [-0.39, 0.29) is 24.5 Å². The minimum atomic E-state index is -0.746. The molecule has 21 heavy (non-hydrogen) atoms. The third-order valence-electron chi connectivity index (χ3n) is 2.85. The first-order chi connectivity index (χ1) is 9.85. The van der Waals surface area contributed by atoms with Crippen molar-refractivity contribution in [2.75, 3.05) is 19.0 Å². The van der Waals surface area contributed by atoms with Gasteiger partial charge in [-0.15, -0.1) is 0 Å². The molecule has 0 aliphatic carbocycles. The number of rotatable bonds is 6. The van der Waals surface area contributed by atoms with Crippen molar-refractivity contribution >= 4 is 17.5 Å². The maximum Gasteiger partial charge on any atom is 0.251 e. The molecule has 0 aliphatic heterocycles. The molecule has 1 aromatic rings. The van der Waals surface area contributed by atoms with Gasteiger partial charge in [0.15, 0.2) is 0 Å². The number of carbonyl (C=O) groups excluding carboxylic acids is 2. The maximum absolute atomic E-state index is 12.1. The molecule has 6 nitrogen and oxygen atoms in total. The van der Waals surface area contributed by atoms with Gasteiger partial charge in [0.1, 0.15) is 6.04 Å². The highest BCUT2D eigenvalue weighted by Gasteiger charge is 2.15. The molecular formula is C15H23N3O3. The number of hydrogen-bond donors (Lipinski definition) is 3. The number of nitrogens with one attached hydrogen (secondary N) is 2. The number of anilines is 1. The highest BCUT2D eigenvalue weighted by atomic mass is 16.5. The largest absolute Gasteiger partial charge is 0.383 e. The SMILES string of the molecule is COCC(N)C(=O)Nc1ccc(C)c(C(=O)NC(C)C)c1. The van der Waals surface area contributed by atoms with Crippen molar-refractivity contribution in [2.24, 2.45) is 5.73 Å². The standard InChI is InChI=1S/C15H23N3O3/c1-9(2)17-14(19)12-7-11(6-5-10(12)3)18-15(20)13(16)8-21-4/h5-7,9,13H,8,16H2,1-4H3,(H,17,19)(H,18,20). The quantitative estimate of drug-likeness (QED) is 0.730. The molecule has 0 spiro atoms. The van der Waals surface area contributed by atoms with Gasteiger partial charge in [-0.25, -0.2) is 0 Å². The first-order valence-corrected chi connectivity index (χ1v) is 6.82. The van der Waals surface area contributed by atoms with Gasteiger partial charge in [-0.1, -0.05) is 6.07 Å². The molecule has 0 radical (unpaired) electrons. The Kier molecular flexibility index (Phi) is 6.33. The Bertz CT molecular complexity index is 515. The molecule has 0 saturated heterocycles. The molecule has 2 amide bonds. The Labute approximate surface area is 125 Å². The summed E-state index contributed by atoms with van der Waals surface area (Å²) in [4.78, 5) is 23.9. The topological polar surface area (TPSA) is 93.4 Å². The Morgan fingerprint density at radius 2 is 2.00 bits per heavy atom. The van der Waals surface area contributed by atoms with E-state index < -0.39 is 6.04 Å². The van der Waals surface area contributed by atoms with E-state index in [1.165, 1.54) is 7.11 Å². The van der Waals surface area contributed by atoms with Gasteiger partial charge in [-0.3, -0.25) is 9.59 Å². The van der Waals surface area contributed by atoms with Crippen molar-refractivity contribution in [3.63, 3.8) is 0 Å². The molecular weight excluding hydrogens is 270 g/mol. The van der Waals surface area contributed by atoms with Crippen LogP contribution < -0.4 is 16.4 Å². The zero-order chi connectivity index (χ0) is 16.0. The van der Waals surface area contributed by atoms with Gasteiger partial charge < -0.3 is 21.1 Å². The molecule has 1 unspecified atom stereocenters. The Morgan fingerprint density at radius 3 is 2.57 bits per heavy atom. The summed E-state index contributed by atoms with van der Waals surface area (Å²) in [5.41, 5.74) is 7.56. The molecule has 6 heteroatoms. The second-order valence-corrected chi connectivity index (χ2v) is 5.21. The third-order valence-corrected chi connectivity index (χ3v) is 2.85. The summed E-state index contributed by atoms with van der Waals surface area (Å²) in [7, 11) is 1.48. The van der Waals surface area contributed by atoms with E-state index in [0.29, 0.717) is 11.3 Å². The van der Waals surface area contributed by atoms with Gasteiger partial charge in [0.25, 0.3) is 5.91 Å². The van der Waals surface area contributed by atoms with Crippen LogP contribution in [0.3, 0.4) is 0 Å². The van der Waals surface area contributed by atoms with Gasteiger partial charge >= 0.3 is 0 Å². The number of carbonyl (C=O) groups is 2. The first kappa shape index (κ1) is 17.1. The normalized spacial score (nSPS) is 12.1. The van der Waals surface area contributed by atoms with E-state index in [9.17, 15) is 9.59 Å². The maximum atomic E-state index is 12.1. The van der Waals surface area contributed by atoms with Crippen LogP contribution in [0, 0.1) is 6.92 Å². The fourth-order valence-electron chi connectivity index (χ4n) is 1.77. The van der Waals surface area contributed by atoms with Crippen LogP contribution in [-0.2, 0) is 9.53 Å². The number of benzene rings is 1. The van der Waals surface area contributed by atoms with E-state index in [4.69, 9.17) is 10.5 Å². The summed E-state index contributed by atoms with van der Waals surface area (Å²) in [5.74, 6) is -0.518. The smallest absolute Gasteiger partial charge is 0.251 e. The Balaban J connectivity index is 2.86. The summed E-state index contributed by atoms with van der Waals surface area (Å²) in [5, 5.41) is 5.51. The lowest BCUT2D eigenvalue weighted by Crippen LogP contribution is -2.39. The number of aryl methyl sites for hydroxylation is 1. The van der Waals surface area contributed by atoms with Gasteiger partial charge in [0.05, 0.1) is 6.61 Å². The van der Waals surface area contributed by atoms with E-state index in [2.05, 4.69) is 10.6 Å². The number of nitrogens with two attached hydrogens (primary N) is 1. The van der Waals surface area contributed by atoms with E-state index >= 15 is 0 Å². The fourth-order valence-corrected chi connectivity index (χ4v) is 1.77. The van der Waals surface area contributed by atoms with E-state index in [1.54, 1.807) is 18.2 Å². The van der Waals surface area contributed by atoms with E-state index in [0.717, 1.165) is 5.56 Å². The third kappa shape index (κ3) is 5.17. The number of ether oxygens (including phenoxy) is 1. The lowest BCUT2D eigenvalue weighted by Gasteiger charge is -2.14. The number of methoxy groups -OCH3 is 1. The molecule has 4 N–H and O–H groups in total. The van der Waals surface area contributed by atoms with Crippen molar-refractivity contribution in [1.82, 2.24) is 5.32 Å². The molecule has 0 saturated carbocycles. The lowest BCUT2D eigenvalue weighted by molar-refractivity contribution is -0.118. The molecule has 1 aromatic carbocycles. The summed E-state index contributed by atoms with van der Waals surface area (Å²) in [6.07, 6.45) is 0. The van der Waals surface area contributed by atoms with Crippen LogP contribution in [0.25, 0.3) is 0 Å². The van der Waals surface area contributed by atoms with Crippen LogP contribution in [0.15, 0.2) is 18.2 Å². The second kappa shape index (κ2) is 7.75. The van der Waals surface area contributed by atoms with Crippen molar-refractivity contribution in [2.45, 2.75) is 32.9 Å². The molecule has 1 rings (SSSR count). The summed E-state index contributed by atoms with van der Waals surface area (Å²) < 4.78 is 4.84. The Morgan fingerprint density at radius 1 is 1.33 bits per heavy atom. The fraction of sp³-hybridized carbons (Fsp3) is 0.467. The average Bonchev–Trinajstić information content (AvgIpc) is 2.40. The van der Waals surface area contributed by atoms with Gasteiger partial charge in [0, 0.05) is 24.4 Å². The molecule has 0 bridgehead atoms. The molecule has 1 atom stereocenters. The van der Waals surface area contributed by atoms with Crippen molar-refractivity contribution in [3.05, 3.63) is 29.3 Å². The summed E-state index contributed by atoms with van der Waals surface area (Å²) >= 11 is 0. The van der Waals surface area contributed by atoms with E-state index in [1.807, 2.05) is 20.8 Å². The zero-order valence-electron chi connectivity index (χ0n) is 12.9. The molecule has 0 aromatic heterocycles. The van der Waals surface area contributed by atoms with Crippen LogP contribution in [0.2, 0.25) is 0 Å². The van der Waals surface area contributed by atoms with Crippen molar-refractivity contribution in [3.8, 4) is 0 Å². The first-order valence-electron chi connectivity index (χ1n) is 6.82. The monoisotopic (exact) mass is 293 g/mol. The highest BCUT2D eigenvalue weighted by molar-refractivity contribution is 5.99. The number of amides is 2.